The summed E-state index contributed by atoms with van der Waals surface area (Å²) in [5.74, 6) is -0.979. The van der Waals surface area contributed by atoms with Crippen LogP contribution < -0.4 is 11.1 Å². The first kappa shape index (κ1) is 20.1. The van der Waals surface area contributed by atoms with Gasteiger partial charge in [0.1, 0.15) is 12.2 Å². The largest absolute Gasteiger partial charge is 0.368 e. The van der Waals surface area contributed by atoms with Gasteiger partial charge in [0, 0.05) is 11.9 Å². The SMILES string of the molecule is NC(=O)CN(Cc1ccccc1)C(=O)c1csc(Nc2cccc(Cl)c2Cl)n1. The number of nitrogens with two attached hydrogens (primary N) is 1. The van der Waals surface area contributed by atoms with E-state index in [2.05, 4.69) is 10.3 Å². The van der Waals surface area contributed by atoms with Gasteiger partial charge in [0.05, 0.1) is 15.7 Å². The third-order valence-corrected chi connectivity index (χ3v) is 5.34. The minimum absolute atomic E-state index is 0.200. The normalized spacial score (nSPS) is 10.5. The molecule has 0 aliphatic rings. The fraction of sp³-hybridized carbons (Fsp3) is 0.105. The molecule has 2 aromatic carbocycles. The predicted molar refractivity (Wildman–Crippen MR) is 112 cm³/mol. The van der Waals surface area contributed by atoms with Crippen molar-refractivity contribution in [2.45, 2.75) is 6.54 Å². The Bertz CT molecular complexity index is 995. The Morgan fingerprint density at radius 2 is 1.86 bits per heavy atom. The summed E-state index contributed by atoms with van der Waals surface area (Å²) in [6.07, 6.45) is 0. The summed E-state index contributed by atoms with van der Waals surface area (Å²) in [6, 6.07) is 14.5. The van der Waals surface area contributed by atoms with Crippen LogP contribution >= 0.6 is 34.5 Å². The van der Waals surface area contributed by atoms with E-state index in [-0.39, 0.29) is 24.7 Å². The molecule has 0 spiro atoms. The fourth-order valence-electron chi connectivity index (χ4n) is 2.50. The van der Waals surface area contributed by atoms with Gasteiger partial charge >= 0.3 is 0 Å². The highest BCUT2D eigenvalue weighted by atomic mass is 35.5. The standard InChI is InChI=1S/C19H16Cl2N4O2S/c20-13-7-4-8-14(17(13)21)23-19-24-15(11-28-19)18(27)25(10-16(22)26)9-12-5-2-1-3-6-12/h1-8,11H,9-10H2,(H2,22,26)(H,23,24). The minimum Gasteiger partial charge on any atom is -0.368 e. The maximum Gasteiger partial charge on any atom is 0.274 e. The van der Waals surface area contributed by atoms with Gasteiger partial charge in [0.15, 0.2) is 5.13 Å². The number of benzene rings is 2. The lowest BCUT2D eigenvalue weighted by Crippen LogP contribution is -2.38. The summed E-state index contributed by atoms with van der Waals surface area (Å²) in [5, 5.41) is 5.92. The molecule has 1 heterocycles. The smallest absolute Gasteiger partial charge is 0.274 e. The maximum absolute atomic E-state index is 12.9. The van der Waals surface area contributed by atoms with E-state index >= 15 is 0 Å². The van der Waals surface area contributed by atoms with Gasteiger partial charge in [0.25, 0.3) is 5.91 Å². The Morgan fingerprint density at radius 3 is 2.57 bits per heavy atom. The van der Waals surface area contributed by atoms with Crippen molar-refractivity contribution in [1.29, 1.82) is 0 Å². The van der Waals surface area contributed by atoms with Crippen LogP contribution in [0.1, 0.15) is 16.1 Å². The number of thiazole rings is 1. The van der Waals surface area contributed by atoms with Crippen LogP contribution in [0.4, 0.5) is 10.8 Å². The summed E-state index contributed by atoms with van der Waals surface area (Å²) >= 11 is 13.4. The average molecular weight is 435 g/mol. The van der Waals surface area contributed by atoms with Gasteiger partial charge in [-0.25, -0.2) is 4.98 Å². The third-order valence-electron chi connectivity index (χ3n) is 3.77. The first-order chi connectivity index (χ1) is 13.4. The summed E-state index contributed by atoms with van der Waals surface area (Å²) in [7, 11) is 0. The van der Waals surface area contributed by atoms with Gasteiger partial charge in [-0.2, -0.15) is 0 Å². The summed E-state index contributed by atoms with van der Waals surface area (Å²) in [4.78, 5) is 30.0. The van der Waals surface area contributed by atoms with Crippen LogP contribution in [-0.2, 0) is 11.3 Å². The molecule has 0 radical (unpaired) electrons. The molecule has 1 aromatic heterocycles. The van der Waals surface area contributed by atoms with Gasteiger partial charge < -0.3 is 16.0 Å². The zero-order chi connectivity index (χ0) is 20.1. The van der Waals surface area contributed by atoms with E-state index in [4.69, 9.17) is 28.9 Å². The molecule has 6 nitrogen and oxygen atoms in total. The average Bonchev–Trinajstić information content (AvgIpc) is 3.13. The molecular weight excluding hydrogens is 419 g/mol. The summed E-state index contributed by atoms with van der Waals surface area (Å²) in [5.41, 5.74) is 6.99. The summed E-state index contributed by atoms with van der Waals surface area (Å²) < 4.78 is 0. The molecule has 0 aliphatic carbocycles. The number of amides is 2. The molecule has 28 heavy (non-hydrogen) atoms. The van der Waals surface area contributed by atoms with E-state index in [0.717, 1.165) is 5.56 Å². The Morgan fingerprint density at radius 1 is 1.11 bits per heavy atom. The number of hydrogen-bond acceptors (Lipinski definition) is 5. The Hall–Kier alpha value is -2.61. The number of primary amides is 1. The van der Waals surface area contributed by atoms with Crippen LogP contribution in [0.3, 0.4) is 0 Å². The lowest BCUT2D eigenvalue weighted by atomic mass is 10.2. The Balaban J connectivity index is 1.78. The lowest BCUT2D eigenvalue weighted by Gasteiger charge is -2.20. The molecule has 3 aromatic rings. The topological polar surface area (TPSA) is 88.3 Å². The molecule has 3 N–H and O–H groups in total. The van der Waals surface area contributed by atoms with Crippen molar-refractivity contribution in [2.75, 3.05) is 11.9 Å². The van der Waals surface area contributed by atoms with E-state index < -0.39 is 5.91 Å². The van der Waals surface area contributed by atoms with Gasteiger partial charge in [-0.3, -0.25) is 9.59 Å². The molecule has 3 rings (SSSR count). The molecule has 0 aliphatic heterocycles. The maximum atomic E-state index is 12.9. The van der Waals surface area contributed by atoms with Crippen molar-refractivity contribution in [1.82, 2.24) is 9.88 Å². The number of aromatic nitrogens is 1. The van der Waals surface area contributed by atoms with Gasteiger partial charge in [0.2, 0.25) is 5.91 Å². The van der Waals surface area contributed by atoms with E-state index in [1.807, 2.05) is 30.3 Å². The zero-order valence-electron chi connectivity index (χ0n) is 14.6. The second kappa shape index (κ2) is 9.05. The predicted octanol–water partition coefficient (Wildman–Crippen LogP) is 4.32. The number of nitrogens with one attached hydrogen (secondary N) is 1. The molecule has 0 atom stereocenters. The molecule has 0 fully saturated rings. The number of hydrogen-bond donors (Lipinski definition) is 2. The number of nitrogens with zero attached hydrogens (tertiary/aromatic N) is 2. The number of halogens is 2. The molecule has 2 amide bonds. The van der Waals surface area contributed by atoms with Crippen molar-refractivity contribution >= 4 is 57.2 Å². The number of anilines is 2. The highest BCUT2D eigenvalue weighted by molar-refractivity contribution is 7.14. The second-order valence-corrected chi connectivity index (χ2v) is 7.52. The number of rotatable bonds is 7. The van der Waals surface area contributed by atoms with Crippen molar-refractivity contribution in [3.05, 3.63) is 75.2 Å². The van der Waals surface area contributed by atoms with Crippen LogP contribution in [0.25, 0.3) is 0 Å². The van der Waals surface area contributed by atoms with E-state index in [1.54, 1.807) is 23.6 Å². The quantitative estimate of drug-likeness (QED) is 0.579. The van der Waals surface area contributed by atoms with Crippen molar-refractivity contribution in [3.8, 4) is 0 Å². The molecular formula is C19H16Cl2N4O2S. The highest BCUT2D eigenvalue weighted by Gasteiger charge is 2.21. The van der Waals surface area contributed by atoms with Gasteiger partial charge in [-0.15, -0.1) is 11.3 Å². The molecule has 144 valence electrons. The lowest BCUT2D eigenvalue weighted by molar-refractivity contribution is -0.118. The second-order valence-electron chi connectivity index (χ2n) is 5.88. The molecule has 9 heteroatoms. The highest BCUT2D eigenvalue weighted by Crippen LogP contribution is 2.32. The van der Waals surface area contributed by atoms with Gasteiger partial charge in [-0.1, -0.05) is 59.6 Å². The van der Waals surface area contributed by atoms with Crippen LogP contribution in [0.5, 0.6) is 0 Å². The van der Waals surface area contributed by atoms with Crippen LogP contribution in [0.2, 0.25) is 10.0 Å². The first-order valence-corrected chi connectivity index (χ1v) is 9.85. The Labute approximate surface area is 175 Å². The van der Waals surface area contributed by atoms with Crippen molar-refractivity contribution < 1.29 is 9.59 Å². The van der Waals surface area contributed by atoms with Crippen LogP contribution in [0.15, 0.2) is 53.9 Å². The molecule has 0 unspecified atom stereocenters. The van der Waals surface area contributed by atoms with Gasteiger partial charge in [-0.05, 0) is 17.7 Å². The van der Waals surface area contributed by atoms with Crippen molar-refractivity contribution in [3.63, 3.8) is 0 Å². The molecule has 0 saturated heterocycles. The number of carbonyl (C=O) groups excluding carboxylic acids is 2. The van der Waals surface area contributed by atoms with Crippen molar-refractivity contribution in [2.24, 2.45) is 5.73 Å². The third kappa shape index (κ3) is 5.01. The van der Waals surface area contributed by atoms with Crippen LogP contribution in [-0.4, -0.2) is 28.2 Å². The summed E-state index contributed by atoms with van der Waals surface area (Å²) in [6.45, 7) is 0.0527. The van der Waals surface area contributed by atoms with E-state index in [0.29, 0.717) is 20.9 Å². The van der Waals surface area contributed by atoms with E-state index in [1.165, 1.54) is 16.2 Å². The zero-order valence-corrected chi connectivity index (χ0v) is 16.9. The minimum atomic E-state index is -0.594. The monoisotopic (exact) mass is 434 g/mol. The van der Waals surface area contributed by atoms with E-state index in [9.17, 15) is 9.59 Å². The molecule has 0 bridgehead atoms. The first-order valence-electron chi connectivity index (χ1n) is 8.22. The van der Waals surface area contributed by atoms with Crippen LogP contribution in [0, 0.1) is 0 Å². The fourth-order valence-corrected chi connectivity index (χ4v) is 3.54. The number of carbonyl (C=O) groups is 2. The Kier molecular flexibility index (Phi) is 6.51. The molecule has 0 saturated carbocycles.